The highest BCUT2D eigenvalue weighted by Crippen LogP contribution is 2.26. The summed E-state index contributed by atoms with van der Waals surface area (Å²) in [6, 6.07) is 8.33. The maximum atomic E-state index is 5.89. The monoisotopic (exact) mass is 304 g/mol. The molecule has 2 rings (SSSR count). The Balaban J connectivity index is 2.14. The Morgan fingerprint density at radius 3 is 2.86 bits per heavy atom. The lowest BCUT2D eigenvalue weighted by molar-refractivity contribution is 0.217. The fourth-order valence-electron chi connectivity index (χ4n) is 2.20. The molecule has 0 aliphatic carbocycles. The molecular weight excluding hydrogens is 280 g/mol. The number of aromatic nitrogens is 1. The van der Waals surface area contributed by atoms with Gasteiger partial charge in [0, 0.05) is 11.3 Å². The van der Waals surface area contributed by atoms with Gasteiger partial charge >= 0.3 is 0 Å². The van der Waals surface area contributed by atoms with Gasteiger partial charge in [0.25, 0.3) is 0 Å². The van der Waals surface area contributed by atoms with Crippen molar-refractivity contribution in [1.29, 1.82) is 0 Å². The van der Waals surface area contributed by atoms with Crippen LogP contribution in [0.1, 0.15) is 49.7 Å². The zero-order chi connectivity index (χ0) is 15.2. The molecule has 0 amide bonds. The number of ether oxygens (including phenoxy) is 1. The summed E-state index contributed by atoms with van der Waals surface area (Å²) in [7, 11) is 0. The van der Waals surface area contributed by atoms with Crippen LogP contribution in [0, 0.1) is 0 Å². The summed E-state index contributed by atoms with van der Waals surface area (Å²) in [5.74, 6) is 0.941. The number of nitrogens with two attached hydrogens (primary N) is 1. The summed E-state index contributed by atoms with van der Waals surface area (Å²) >= 11 is 1.60. The van der Waals surface area contributed by atoms with E-state index in [2.05, 4.69) is 44.0 Å². The number of anilines is 1. The van der Waals surface area contributed by atoms with Crippen molar-refractivity contribution in [3.8, 4) is 5.75 Å². The molecule has 1 heterocycles. The molecule has 21 heavy (non-hydrogen) atoms. The minimum atomic E-state index is 0.245. The van der Waals surface area contributed by atoms with Crippen LogP contribution in [0.15, 0.2) is 24.3 Å². The minimum absolute atomic E-state index is 0.245. The molecule has 2 N–H and O–H groups in total. The van der Waals surface area contributed by atoms with Gasteiger partial charge in [-0.2, -0.15) is 0 Å². The second-order valence-electron chi connectivity index (χ2n) is 5.33. The van der Waals surface area contributed by atoms with Crippen molar-refractivity contribution in [2.24, 2.45) is 0 Å². The summed E-state index contributed by atoms with van der Waals surface area (Å²) in [5.41, 5.74) is 8.25. The first-order chi connectivity index (χ1) is 10.1. The fraction of sp³-hybridized carbons (Fsp3) is 0.471. The zero-order valence-electron chi connectivity index (χ0n) is 13.1. The van der Waals surface area contributed by atoms with Crippen molar-refractivity contribution in [1.82, 2.24) is 4.98 Å². The molecule has 1 aromatic carbocycles. The Labute approximate surface area is 131 Å². The first-order valence-electron chi connectivity index (χ1n) is 7.62. The number of nitrogen functional groups attached to an aromatic ring is 1. The second-order valence-corrected chi connectivity index (χ2v) is 6.45. The third kappa shape index (κ3) is 4.46. The quantitative estimate of drug-likeness (QED) is 0.822. The van der Waals surface area contributed by atoms with Crippen LogP contribution in [-0.2, 0) is 12.8 Å². The number of rotatable bonds is 7. The molecule has 3 nitrogen and oxygen atoms in total. The van der Waals surface area contributed by atoms with E-state index in [9.17, 15) is 0 Å². The Kier molecular flexibility index (Phi) is 5.62. The average Bonchev–Trinajstić information content (AvgIpc) is 2.79. The molecule has 0 spiro atoms. The van der Waals surface area contributed by atoms with E-state index in [-0.39, 0.29) is 6.10 Å². The van der Waals surface area contributed by atoms with Crippen LogP contribution in [0.3, 0.4) is 0 Å². The number of aryl methyl sites for hydroxylation is 1. The summed E-state index contributed by atoms with van der Waals surface area (Å²) in [5, 5.41) is 0.667. The molecule has 0 bridgehead atoms. The number of hydrogen-bond acceptors (Lipinski definition) is 4. The summed E-state index contributed by atoms with van der Waals surface area (Å²) in [4.78, 5) is 5.72. The maximum Gasteiger partial charge on any atom is 0.180 e. The van der Waals surface area contributed by atoms with Crippen LogP contribution in [0.25, 0.3) is 0 Å². The van der Waals surface area contributed by atoms with E-state index in [1.165, 1.54) is 10.4 Å². The topological polar surface area (TPSA) is 48.1 Å². The third-order valence-corrected chi connectivity index (χ3v) is 4.38. The number of nitrogens with zero attached hydrogens (tertiary/aromatic N) is 1. The molecule has 2 aromatic rings. The highest BCUT2D eigenvalue weighted by atomic mass is 32.1. The van der Waals surface area contributed by atoms with E-state index in [1.807, 2.05) is 6.07 Å². The number of hydrogen-bond donors (Lipinski definition) is 1. The molecule has 1 aromatic heterocycles. The van der Waals surface area contributed by atoms with Gasteiger partial charge in [0.15, 0.2) is 5.13 Å². The Hall–Kier alpha value is -1.55. The summed E-state index contributed by atoms with van der Waals surface area (Å²) in [6.07, 6.45) is 4.22. The summed E-state index contributed by atoms with van der Waals surface area (Å²) in [6.45, 7) is 6.39. The van der Waals surface area contributed by atoms with Gasteiger partial charge < -0.3 is 10.5 Å². The molecule has 0 saturated heterocycles. The SMILES string of the molecule is CCCc1nc(N)sc1Cc1cccc(OC(C)CC)c1. The van der Waals surface area contributed by atoms with Crippen LogP contribution < -0.4 is 10.5 Å². The molecule has 0 aliphatic heterocycles. The highest BCUT2D eigenvalue weighted by molar-refractivity contribution is 7.15. The van der Waals surface area contributed by atoms with Gasteiger partial charge in [0.1, 0.15) is 5.75 Å². The molecule has 1 unspecified atom stereocenters. The van der Waals surface area contributed by atoms with Crippen molar-refractivity contribution in [2.45, 2.75) is 52.6 Å². The number of benzene rings is 1. The Morgan fingerprint density at radius 2 is 2.14 bits per heavy atom. The lowest BCUT2D eigenvalue weighted by atomic mass is 10.1. The van der Waals surface area contributed by atoms with E-state index in [4.69, 9.17) is 10.5 Å². The van der Waals surface area contributed by atoms with Gasteiger partial charge in [-0.05, 0) is 37.5 Å². The Bertz CT molecular complexity index is 580. The second kappa shape index (κ2) is 7.46. The number of thiazole rings is 1. The molecule has 0 saturated carbocycles. The van der Waals surface area contributed by atoms with E-state index in [0.29, 0.717) is 5.13 Å². The first kappa shape index (κ1) is 15.8. The van der Waals surface area contributed by atoms with Crippen molar-refractivity contribution < 1.29 is 4.74 Å². The molecule has 1 atom stereocenters. The molecule has 0 fully saturated rings. The normalized spacial score (nSPS) is 12.3. The van der Waals surface area contributed by atoms with Crippen molar-refractivity contribution >= 4 is 16.5 Å². The van der Waals surface area contributed by atoms with E-state index >= 15 is 0 Å². The van der Waals surface area contributed by atoms with Crippen LogP contribution in [0.4, 0.5) is 5.13 Å². The Morgan fingerprint density at radius 1 is 1.33 bits per heavy atom. The predicted molar refractivity (Wildman–Crippen MR) is 90.2 cm³/mol. The highest BCUT2D eigenvalue weighted by Gasteiger charge is 2.10. The largest absolute Gasteiger partial charge is 0.491 e. The van der Waals surface area contributed by atoms with Gasteiger partial charge in [-0.3, -0.25) is 0 Å². The lowest BCUT2D eigenvalue weighted by Crippen LogP contribution is -2.09. The van der Waals surface area contributed by atoms with Crippen LogP contribution in [0.2, 0.25) is 0 Å². The van der Waals surface area contributed by atoms with Crippen LogP contribution in [-0.4, -0.2) is 11.1 Å². The lowest BCUT2D eigenvalue weighted by Gasteiger charge is -2.13. The standard InChI is InChI=1S/C17H24N2OS/c1-4-7-15-16(21-17(18)19-15)11-13-8-6-9-14(10-13)20-12(3)5-2/h6,8-10,12H,4-5,7,11H2,1-3H3,(H2,18,19). The molecule has 114 valence electrons. The van der Waals surface area contributed by atoms with Gasteiger partial charge in [0.05, 0.1) is 11.8 Å². The van der Waals surface area contributed by atoms with Crippen LogP contribution in [0.5, 0.6) is 5.75 Å². The van der Waals surface area contributed by atoms with Crippen molar-refractivity contribution in [2.75, 3.05) is 5.73 Å². The third-order valence-electron chi connectivity index (χ3n) is 3.46. The van der Waals surface area contributed by atoms with Gasteiger partial charge in [-0.15, -0.1) is 11.3 Å². The summed E-state index contributed by atoms with van der Waals surface area (Å²) < 4.78 is 5.89. The first-order valence-corrected chi connectivity index (χ1v) is 8.43. The van der Waals surface area contributed by atoms with Gasteiger partial charge in [-0.25, -0.2) is 4.98 Å². The molecule has 4 heteroatoms. The molecular formula is C17H24N2OS. The van der Waals surface area contributed by atoms with Crippen LogP contribution >= 0.6 is 11.3 Å². The molecule has 0 radical (unpaired) electrons. The smallest absolute Gasteiger partial charge is 0.180 e. The van der Waals surface area contributed by atoms with Crippen molar-refractivity contribution in [3.05, 3.63) is 40.4 Å². The van der Waals surface area contributed by atoms with E-state index < -0.39 is 0 Å². The minimum Gasteiger partial charge on any atom is -0.491 e. The predicted octanol–water partition coefficient (Wildman–Crippen LogP) is 4.45. The zero-order valence-corrected chi connectivity index (χ0v) is 13.9. The van der Waals surface area contributed by atoms with E-state index in [1.54, 1.807) is 11.3 Å². The average molecular weight is 304 g/mol. The van der Waals surface area contributed by atoms with Gasteiger partial charge in [-0.1, -0.05) is 32.4 Å². The van der Waals surface area contributed by atoms with Gasteiger partial charge in [0.2, 0.25) is 0 Å². The maximum absolute atomic E-state index is 5.89. The molecule has 0 aliphatic rings. The van der Waals surface area contributed by atoms with E-state index in [0.717, 1.165) is 37.1 Å². The fourth-order valence-corrected chi connectivity index (χ4v) is 3.12. The van der Waals surface area contributed by atoms with Crippen molar-refractivity contribution in [3.63, 3.8) is 0 Å².